The summed E-state index contributed by atoms with van der Waals surface area (Å²) in [4.78, 5) is 12.4. The van der Waals surface area contributed by atoms with Crippen LogP contribution in [0.25, 0.3) is 0 Å². The van der Waals surface area contributed by atoms with Gasteiger partial charge in [0.15, 0.2) is 11.5 Å². The highest BCUT2D eigenvalue weighted by Gasteiger charge is 2.30. The summed E-state index contributed by atoms with van der Waals surface area (Å²) in [6, 6.07) is 11.3. The highest BCUT2D eigenvalue weighted by Crippen LogP contribution is 2.37. The summed E-state index contributed by atoms with van der Waals surface area (Å²) >= 11 is 5.97. The second kappa shape index (κ2) is 8.50. The van der Waals surface area contributed by atoms with Crippen LogP contribution in [0.1, 0.15) is 23.6 Å². The third-order valence-electron chi connectivity index (χ3n) is 4.79. The minimum atomic E-state index is -0.209. The molecule has 0 radical (unpaired) electrons. The Bertz CT molecular complexity index is 810. The molecule has 1 aliphatic rings. The van der Waals surface area contributed by atoms with Crippen molar-refractivity contribution in [3.8, 4) is 17.2 Å². The average Bonchev–Trinajstić information content (AvgIpc) is 2.69. The Labute approximate surface area is 163 Å². The smallest absolute Gasteiger partial charge is 0.237 e. The lowest BCUT2D eigenvalue weighted by Gasteiger charge is -2.31. The molecule has 1 aliphatic heterocycles. The Morgan fingerprint density at radius 2 is 1.63 bits per heavy atom. The predicted octanol–water partition coefficient (Wildman–Crippen LogP) is 3.29. The maximum absolute atomic E-state index is 12.4. The van der Waals surface area contributed by atoms with Gasteiger partial charge in [-0.15, -0.1) is 0 Å². The normalized spacial score (nSPS) is 19.3. The number of nitrogens with one attached hydrogen (secondary N) is 2. The molecule has 0 bridgehead atoms. The Morgan fingerprint density at radius 3 is 2.26 bits per heavy atom. The van der Waals surface area contributed by atoms with E-state index >= 15 is 0 Å². The standard InChI is InChI=1S/C20H23ClN2O4/c1-25-17-11-19(27-3)18(26-2)10-13(17)8-14-9-16(22-23-20(14)24)12-4-6-15(21)7-5-12/h4-7,10-11,14,16,22H,8-9H2,1-3H3,(H,23,24). The van der Waals surface area contributed by atoms with Gasteiger partial charge in [0.2, 0.25) is 5.91 Å². The van der Waals surface area contributed by atoms with Crippen LogP contribution in [0.2, 0.25) is 5.02 Å². The van der Waals surface area contributed by atoms with Crippen molar-refractivity contribution in [2.24, 2.45) is 5.92 Å². The zero-order valence-electron chi connectivity index (χ0n) is 15.5. The fourth-order valence-corrected chi connectivity index (χ4v) is 3.44. The van der Waals surface area contributed by atoms with E-state index in [0.717, 1.165) is 11.1 Å². The first kappa shape index (κ1) is 19.3. The number of hydrogen-bond acceptors (Lipinski definition) is 5. The van der Waals surface area contributed by atoms with Crippen molar-refractivity contribution in [1.29, 1.82) is 0 Å². The molecule has 2 N–H and O–H groups in total. The van der Waals surface area contributed by atoms with Crippen LogP contribution in [0, 0.1) is 5.92 Å². The van der Waals surface area contributed by atoms with E-state index in [4.69, 9.17) is 25.8 Å². The van der Waals surface area contributed by atoms with Crippen LogP contribution in [0.15, 0.2) is 36.4 Å². The number of hydrogen-bond donors (Lipinski definition) is 2. The Kier molecular flexibility index (Phi) is 6.08. The van der Waals surface area contributed by atoms with Crippen LogP contribution in [-0.4, -0.2) is 27.2 Å². The van der Waals surface area contributed by atoms with Gasteiger partial charge >= 0.3 is 0 Å². The fraction of sp³-hybridized carbons (Fsp3) is 0.350. The molecule has 0 spiro atoms. The van der Waals surface area contributed by atoms with Gasteiger partial charge < -0.3 is 14.2 Å². The molecule has 0 saturated carbocycles. The third kappa shape index (κ3) is 4.28. The molecule has 144 valence electrons. The van der Waals surface area contributed by atoms with E-state index in [-0.39, 0.29) is 17.9 Å². The highest BCUT2D eigenvalue weighted by atomic mass is 35.5. The molecular formula is C20H23ClN2O4. The minimum Gasteiger partial charge on any atom is -0.496 e. The van der Waals surface area contributed by atoms with E-state index in [1.165, 1.54) is 0 Å². The van der Waals surface area contributed by atoms with E-state index in [0.29, 0.717) is 35.1 Å². The number of benzene rings is 2. The Morgan fingerprint density at radius 1 is 1.00 bits per heavy atom. The number of halogens is 1. The number of methoxy groups -OCH3 is 3. The van der Waals surface area contributed by atoms with Crippen molar-refractivity contribution in [3.63, 3.8) is 0 Å². The van der Waals surface area contributed by atoms with E-state index in [1.54, 1.807) is 27.4 Å². The van der Waals surface area contributed by atoms with Gasteiger partial charge in [-0.1, -0.05) is 23.7 Å². The first-order chi connectivity index (χ1) is 13.0. The van der Waals surface area contributed by atoms with Crippen LogP contribution >= 0.6 is 11.6 Å². The van der Waals surface area contributed by atoms with Crippen LogP contribution < -0.4 is 25.1 Å². The molecule has 3 rings (SSSR count). The molecule has 2 aromatic rings. The van der Waals surface area contributed by atoms with Gasteiger partial charge in [0.05, 0.1) is 27.4 Å². The van der Waals surface area contributed by atoms with E-state index in [9.17, 15) is 4.79 Å². The molecule has 7 heteroatoms. The predicted molar refractivity (Wildman–Crippen MR) is 103 cm³/mol. The van der Waals surface area contributed by atoms with Gasteiger partial charge in [0.1, 0.15) is 5.75 Å². The van der Waals surface area contributed by atoms with Crippen molar-refractivity contribution in [1.82, 2.24) is 10.9 Å². The maximum Gasteiger partial charge on any atom is 0.237 e. The molecule has 6 nitrogen and oxygen atoms in total. The van der Waals surface area contributed by atoms with Gasteiger partial charge in [-0.2, -0.15) is 0 Å². The van der Waals surface area contributed by atoms with Gasteiger partial charge in [-0.3, -0.25) is 10.2 Å². The van der Waals surface area contributed by atoms with E-state index < -0.39 is 0 Å². The zero-order valence-corrected chi connectivity index (χ0v) is 16.3. The molecule has 2 atom stereocenters. The summed E-state index contributed by atoms with van der Waals surface area (Å²) in [6.45, 7) is 0. The quantitative estimate of drug-likeness (QED) is 0.792. The molecule has 1 saturated heterocycles. The molecule has 0 aliphatic carbocycles. The molecule has 0 aromatic heterocycles. The lowest BCUT2D eigenvalue weighted by atomic mass is 9.87. The van der Waals surface area contributed by atoms with E-state index in [1.807, 2.05) is 30.3 Å². The topological polar surface area (TPSA) is 68.8 Å². The molecule has 2 unspecified atom stereocenters. The van der Waals surface area contributed by atoms with Crippen molar-refractivity contribution >= 4 is 17.5 Å². The third-order valence-corrected chi connectivity index (χ3v) is 5.04. The fourth-order valence-electron chi connectivity index (χ4n) is 3.32. The Balaban J connectivity index is 1.83. The second-order valence-electron chi connectivity index (χ2n) is 6.39. The number of carbonyl (C=O) groups excluding carboxylic acids is 1. The van der Waals surface area contributed by atoms with Crippen LogP contribution in [0.3, 0.4) is 0 Å². The summed E-state index contributed by atoms with van der Waals surface area (Å²) in [5.74, 6) is 1.61. The minimum absolute atomic E-state index is 0.0103. The van der Waals surface area contributed by atoms with E-state index in [2.05, 4.69) is 10.9 Å². The number of hydrazine groups is 1. The van der Waals surface area contributed by atoms with Gasteiger partial charge in [0.25, 0.3) is 0 Å². The van der Waals surface area contributed by atoms with Crippen LogP contribution in [0.4, 0.5) is 0 Å². The number of amides is 1. The van der Waals surface area contributed by atoms with Crippen LogP contribution in [-0.2, 0) is 11.2 Å². The monoisotopic (exact) mass is 390 g/mol. The average molecular weight is 391 g/mol. The molecule has 2 aromatic carbocycles. The van der Waals surface area contributed by atoms with Crippen LogP contribution in [0.5, 0.6) is 17.2 Å². The molecule has 27 heavy (non-hydrogen) atoms. The first-order valence-electron chi connectivity index (χ1n) is 8.65. The Hall–Kier alpha value is -2.44. The zero-order chi connectivity index (χ0) is 19.4. The summed E-state index contributed by atoms with van der Waals surface area (Å²) in [5, 5.41) is 0.685. The molecule has 1 heterocycles. The maximum atomic E-state index is 12.4. The molecule has 1 fully saturated rings. The second-order valence-corrected chi connectivity index (χ2v) is 6.83. The number of rotatable bonds is 6. The lowest BCUT2D eigenvalue weighted by Crippen LogP contribution is -2.49. The summed E-state index contributed by atoms with van der Waals surface area (Å²) < 4.78 is 16.2. The SMILES string of the molecule is COc1cc(OC)c(OC)cc1CC1CC(c2ccc(Cl)cc2)NNC1=O. The number of ether oxygens (including phenoxy) is 3. The van der Waals surface area contributed by atoms with Crippen molar-refractivity contribution in [2.75, 3.05) is 21.3 Å². The van der Waals surface area contributed by atoms with Crippen molar-refractivity contribution in [3.05, 3.63) is 52.5 Å². The van der Waals surface area contributed by atoms with Gasteiger partial charge in [-0.05, 0) is 42.2 Å². The van der Waals surface area contributed by atoms with Gasteiger partial charge in [0, 0.05) is 17.0 Å². The van der Waals surface area contributed by atoms with Crippen molar-refractivity contribution in [2.45, 2.75) is 18.9 Å². The highest BCUT2D eigenvalue weighted by molar-refractivity contribution is 6.30. The first-order valence-corrected chi connectivity index (χ1v) is 9.03. The summed E-state index contributed by atoms with van der Waals surface area (Å²) in [6.07, 6.45) is 1.19. The summed E-state index contributed by atoms with van der Waals surface area (Å²) in [7, 11) is 4.76. The molecular weight excluding hydrogens is 368 g/mol. The molecule has 1 amide bonds. The number of carbonyl (C=O) groups is 1. The van der Waals surface area contributed by atoms with Crippen molar-refractivity contribution < 1.29 is 19.0 Å². The van der Waals surface area contributed by atoms with Gasteiger partial charge in [-0.25, -0.2) is 5.43 Å². The largest absolute Gasteiger partial charge is 0.496 e. The summed E-state index contributed by atoms with van der Waals surface area (Å²) in [5.41, 5.74) is 7.82. The lowest BCUT2D eigenvalue weighted by molar-refractivity contribution is -0.128.